The normalized spacial score (nSPS) is 20.3. The molecule has 2 aromatic rings. The molecule has 2 aliphatic rings. The van der Waals surface area contributed by atoms with E-state index in [9.17, 15) is 9.59 Å². The fraction of sp³-hybridized carbons (Fsp3) is 0.533. The second-order valence-electron chi connectivity index (χ2n) is 11.3. The Morgan fingerprint density at radius 1 is 0.838 bits per heavy atom. The minimum absolute atomic E-state index is 0.132. The van der Waals surface area contributed by atoms with E-state index in [-0.39, 0.29) is 12.1 Å². The van der Waals surface area contributed by atoms with Crippen LogP contribution in [-0.2, 0) is 11.2 Å². The van der Waals surface area contributed by atoms with E-state index in [2.05, 4.69) is 17.4 Å². The molecule has 1 N–H and O–H groups in total. The maximum absolute atomic E-state index is 12.7. The summed E-state index contributed by atoms with van der Waals surface area (Å²) in [6, 6.07) is 18.2. The molecule has 200 valence electrons. The van der Waals surface area contributed by atoms with Crippen LogP contribution in [0.15, 0.2) is 54.6 Å². The number of benzene rings is 2. The summed E-state index contributed by atoms with van der Waals surface area (Å²) < 4.78 is 11.4. The number of hydrogen-bond donors (Lipinski definition) is 1. The number of carbonyl (C=O) groups is 2. The summed E-state index contributed by atoms with van der Waals surface area (Å²) in [5.41, 5.74) is 1.59. The van der Waals surface area contributed by atoms with Crippen molar-refractivity contribution in [1.82, 2.24) is 9.80 Å². The standard InChI is InChI=1S/C30H41N3O4/c1-30(2,3)37-29(35)33-19-17-32(18-20-33)28(34)31-26-15-13-24(14-16-26)21-23-9-11-25(12-10-23)22-36-27-7-5-4-6-8-27/h4-8,13-16,23,25H,9-12,17-22H2,1-3H3,(H,31,34). The van der Waals surface area contributed by atoms with Gasteiger partial charge in [0.1, 0.15) is 11.4 Å². The van der Waals surface area contributed by atoms with Crippen LogP contribution in [0.2, 0.25) is 0 Å². The van der Waals surface area contributed by atoms with Crippen LogP contribution in [0.25, 0.3) is 0 Å². The number of carbonyl (C=O) groups excluding carboxylic acids is 2. The summed E-state index contributed by atoms with van der Waals surface area (Å²) in [6.07, 6.45) is 5.65. The second-order valence-corrected chi connectivity index (χ2v) is 11.3. The minimum Gasteiger partial charge on any atom is -0.493 e. The lowest BCUT2D eigenvalue weighted by atomic mass is 9.79. The minimum atomic E-state index is -0.519. The largest absolute Gasteiger partial charge is 0.493 e. The summed E-state index contributed by atoms with van der Waals surface area (Å²) in [5.74, 6) is 2.30. The van der Waals surface area contributed by atoms with E-state index >= 15 is 0 Å². The van der Waals surface area contributed by atoms with E-state index in [1.807, 2.05) is 63.2 Å². The first-order valence-corrected chi connectivity index (χ1v) is 13.6. The van der Waals surface area contributed by atoms with E-state index in [1.165, 1.54) is 31.2 Å². The summed E-state index contributed by atoms with van der Waals surface area (Å²) in [7, 11) is 0. The maximum Gasteiger partial charge on any atom is 0.410 e. The lowest BCUT2D eigenvalue weighted by Gasteiger charge is -2.35. The average Bonchev–Trinajstić information content (AvgIpc) is 2.89. The van der Waals surface area contributed by atoms with Crippen molar-refractivity contribution in [3.8, 4) is 5.75 Å². The predicted molar refractivity (Wildman–Crippen MR) is 146 cm³/mol. The van der Waals surface area contributed by atoms with Crippen LogP contribution in [0.4, 0.5) is 15.3 Å². The number of urea groups is 1. The number of anilines is 1. The number of rotatable bonds is 6. The molecule has 1 saturated heterocycles. The summed E-state index contributed by atoms with van der Waals surface area (Å²) in [5, 5.41) is 3.00. The molecule has 0 atom stereocenters. The van der Waals surface area contributed by atoms with Crippen LogP contribution in [0.1, 0.15) is 52.0 Å². The van der Waals surface area contributed by atoms with Crippen molar-refractivity contribution in [3.63, 3.8) is 0 Å². The lowest BCUT2D eigenvalue weighted by molar-refractivity contribution is 0.0174. The van der Waals surface area contributed by atoms with Gasteiger partial charge in [-0.15, -0.1) is 0 Å². The molecule has 7 heteroatoms. The van der Waals surface area contributed by atoms with Crippen LogP contribution >= 0.6 is 0 Å². The number of nitrogens with zero attached hydrogens (tertiary/aromatic N) is 2. The number of hydrogen-bond acceptors (Lipinski definition) is 4. The highest BCUT2D eigenvalue weighted by Gasteiger charge is 2.28. The Bertz CT molecular complexity index is 1000. The molecule has 7 nitrogen and oxygen atoms in total. The van der Waals surface area contributed by atoms with Gasteiger partial charge in [-0.1, -0.05) is 30.3 Å². The molecule has 3 amide bonds. The van der Waals surface area contributed by atoms with Crippen molar-refractivity contribution in [2.75, 3.05) is 38.1 Å². The van der Waals surface area contributed by atoms with Gasteiger partial charge in [0.05, 0.1) is 6.61 Å². The molecular formula is C30H41N3O4. The number of para-hydroxylation sites is 1. The average molecular weight is 508 g/mol. The van der Waals surface area contributed by atoms with Crippen molar-refractivity contribution < 1.29 is 19.1 Å². The van der Waals surface area contributed by atoms with Crippen molar-refractivity contribution in [3.05, 3.63) is 60.2 Å². The van der Waals surface area contributed by atoms with E-state index in [4.69, 9.17) is 9.47 Å². The molecule has 0 bridgehead atoms. The van der Waals surface area contributed by atoms with Crippen LogP contribution in [0.5, 0.6) is 5.75 Å². The maximum atomic E-state index is 12.7. The van der Waals surface area contributed by atoms with Gasteiger partial charge in [0.2, 0.25) is 0 Å². The van der Waals surface area contributed by atoms with Gasteiger partial charge in [0, 0.05) is 31.9 Å². The van der Waals surface area contributed by atoms with Gasteiger partial charge < -0.3 is 24.6 Å². The Hall–Kier alpha value is -3.22. The topological polar surface area (TPSA) is 71.1 Å². The first kappa shape index (κ1) is 26.8. The van der Waals surface area contributed by atoms with Gasteiger partial charge in [-0.25, -0.2) is 9.59 Å². The third-order valence-corrected chi connectivity index (χ3v) is 7.14. The molecule has 4 rings (SSSR count). The molecule has 0 unspecified atom stereocenters. The van der Waals surface area contributed by atoms with Crippen LogP contribution in [-0.4, -0.2) is 60.3 Å². The smallest absolute Gasteiger partial charge is 0.410 e. The molecule has 1 saturated carbocycles. The molecular weight excluding hydrogens is 466 g/mol. The van der Waals surface area contributed by atoms with Crippen molar-refractivity contribution >= 4 is 17.8 Å². The SMILES string of the molecule is CC(C)(C)OC(=O)N1CCN(C(=O)Nc2ccc(CC3CCC(COc4ccccc4)CC3)cc2)CC1. The zero-order valence-electron chi connectivity index (χ0n) is 22.4. The molecule has 0 spiro atoms. The van der Waals surface area contributed by atoms with E-state index in [1.54, 1.807) is 9.80 Å². The molecule has 2 fully saturated rings. The van der Waals surface area contributed by atoms with Gasteiger partial charge >= 0.3 is 12.1 Å². The zero-order valence-corrected chi connectivity index (χ0v) is 22.4. The quantitative estimate of drug-likeness (QED) is 0.505. The Kier molecular flexibility index (Phi) is 8.95. The van der Waals surface area contributed by atoms with Crippen LogP contribution < -0.4 is 10.1 Å². The van der Waals surface area contributed by atoms with Crippen molar-refractivity contribution in [2.45, 2.75) is 58.5 Å². The van der Waals surface area contributed by atoms with Crippen molar-refractivity contribution in [1.29, 1.82) is 0 Å². The lowest BCUT2D eigenvalue weighted by Crippen LogP contribution is -2.52. The second kappa shape index (κ2) is 12.3. The highest BCUT2D eigenvalue weighted by molar-refractivity contribution is 5.89. The Morgan fingerprint density at radius 3 is 2.05 bits per heavy atom. The van der Waals surface area contributed by atoms with Gasteiger partial charge in [0.25, 0.3) is 0 Å². The molecule has 0 aromatic heterocycles. The zero-order chi connectivity index (χ0) is 26.3. The van der Waals surface area contributed by atoms with E-state index < -0.39 is 5.60 Å². The molecule has 1 aliphatic carbocycles. The summed E-state index contributed by atoms with van der Waals surface area (Å²) in [4.78, 5) is 28.4. The Labute approximate surface area is 221 Å². The molecule has 1 aliphatic heterocycles. The number of ether oxygens (including phenoxy) is 2. The molecule has 1 heterocycles. The molecule has 37 heavy (non-hydrogen) atoms. The monoisotopic (exact) mass is 507 g/mol. The number of piperazine rings is 1. The highest BCUT2D eigenvalue weighted by atomic mass is 16.6. The van der Waals surface area contributed by atoms with Gasteiger partial charge in [-0.2, -0.15) is 0 Å². The Balaban J connectivity index is 1.15. The summed E-state index contributed by atoms with van der Waals surface area (Å²) in [6.45, 7) is 8.30. The van der Waals surface area contributed by atoms with Gasteiger partial charge in [0.15, 0.2) is 0 Å². The van der Waals surface area contributed by atoms with E-state index in [0.29, 0.717) is 38.0 Å². The third-order valence-electron chi connectivity index (χ3n) is 7.14. The first-order valence-electron chi connectivity index (χ1n) is 13.6. The van der Waals surface area contributed by atoms with Crippen molar-refractivity contribution in [2.24, 2.45) is 11.8 Å². The first-order chi connectivity index (χ1) is 17.7. The van der Waals surface area contributed by atoms with Gasteiger partial charge in [-0.05, 0) is 94.5 Å². The van der Waals surface area contributed by atoms with Gasteiger partial charge in [-0.3, -0.25) is 0 Å². The van der Waals surface area contributed by atoms with E-state index in [0.717, 1.165) is 24.5 Å². The fourth-order valence-electron chi connectivity index (χ4n) is 5.01. The van der Waals surface area contributed by atoms with Crippen LogP contribution in [0, 0.1) is 11.8 Å². The molecule has 0 radical (unpaired) electrons. The number of nitrogens with one attached hydrogen (secondary N) is 1. The predicted octanol–water partition coefficient (Wildman–Crippen LogP) is 6.20. The third kappa shape index (κ3) is 8.41. The Morgan fingerprint density at radius 2 is 1.43 bits per heavy atom. The summed E-state index contributed by atoms with van der Waals surface area (Å²) >= 11 is 0. The fourth-order valence-corrected chi connectivity index (χ4v) is 5.01. The number of amides is 3. The highest BCUT2D eigenvalue weighted by Crippen LogP contribution is 2.32. The van der Waals surface area contributed by atoms with Crippen LogP contribution in [0.3, 0.4) is 0 Å². The molecule has 2 aromatic carbocycles.